The maximum Gasteiger partial charge on any atom is 0.308 e. The van der Waals surface area contributed by atoms with Crippen molar-refractivity contribution >= 4 is 6.02 Å². The highest BCUT2D eigenvalue weighted by atomic mass is 16.8. The molecule has 0 rings (SSSR count). The topological polar surface area (TPSA) is 91.3 Å². The summed E-state index contributed by atoms with van der Waals surface area (Å²) in [7, 11) is 1.25. The Balaban J connectivity index is 3.56. The van der Waals surface area contributed by atoms with Crippen LogP contribution in [0.15, 0.2) is 5.10 Å². The van der Waals surface area contributed by atoms with Gasteiger partial charge in [-0.1, -0.05) is 5.10 Å². The van der Waals surface area contributed by atoms with Gasteiger partial charge in [0.1, 0.15) is 0 Å². The van der Waals surface area contributed by atoms with Crippen LogP contribution in [0.4, 0.5) is 0 Å². The maximum atomic E-state index is 7.90. The van der Waals surface area contributed by atoms with E-state index in [1.807, 2.05) is 0 Å². The number of nitrogens with two attached hydrogens (primary N) is 1. The number of amidine groups is 1. The Morgan fingerprint density at radius 1 is 1.75 bits per heavy atom. The second-order valence-electron chi connectivity index (χ2n) is 0.911. The average molecular weight is 121 g/mol. The monoisotopic (exact) mass is 121 g/mol. The third-order valence-corrected chi connectivity index (χ3v) is 0.397. The minimum atomic E-state index is -0.432. The molecule has 0 saturated heterocycles. The van der Waals surface area contributed by atoms with Crippen molar-refractivity contribution in [2.75, 3.05) is 7.11 Å². The van der Waals surface area contributed by atoms with E-state index in [0.717, 1.165) is 0 Å². The summed E-state index contributed by atoms with van der Waals surface area (Å²) in [5.41, 5.74) is 4.84. The molecule has 0 saturated carbocycles. The van der Waals surface area contributed by atoms with Crippen molar-refractivity contribution in [3.05, 3.63) is 0 Å². The highest BCUT2D eigenvalue weighted by molar-refractivity contribution is 5.70. The molecule has 0 aliphatic heterocycles. The van der Waals surface area contributed by atoms with Crippen molar-refractivity contribution in [2.45, 2.75) is 0 Å². The van der Waals surface area contributed by atoms with E-state index >= 15 is 0 Å². The van der Waals surface area contributed by atoms with Crippen molar-refractivity contribution in [3.8, 4) is 0 Å². The first kappa shape index (κ1) is 6.99. The first-order valence-electron chi connectivity index (χ1n) is 1.72. The van der Waals surface area contributed by atoms with E-state index in [1.54, 1.807) is 0 Å². The van der Waals surface area contributed by atoms with Crippen molar-refractivity contribution < 1.29 is 15.2 Å². The SMILES string of the molecule is COC(N)=NN(O)O. The number of methoxy groups -OCH3 is 1. The van der Waals surface area contributed by atoms with Gasteiger partial charge < -0.3 is 10.5 Å². The van der Waals surface area contributed by atoms with Crippen LogP contribution in [0.2, 0.25) is 0 Å². The molecule has 0 aliphatic rings. The fraction of sp³-hybridized carbons (Fsp3) is 0.500. The minimum absolute atomic E-state index is 0.324. The predicted octanol–water partition coefficient (Wildman–Crippen LogP) is -1.06. The van der Waals surface area contributed by atoms with E-state index in [4.69, 9.17) is 16.1 Å². The molecule has 0 aromatic carbocycles. The van der Waals surface area contributed by atoms with Gasteiger partial charge >= 0.3 is 6.02 Å². The van der Waals surface area contributed by atoms with E-state index in [-0.39, 0.29) is 6.02 Å². The van der Waals surface area contributed by atoms with Gasteiger partial charge in [-0.05, 0) is 5.34 Å². The van der Waals surface area contributed by atoms with Gasteiger partial charge in [-0.2, -0.15) is 0 Å². The number of hydrogen-bond acceptors (Lipinski definition) is 5. The molecule has 0 radical (unpaired) electrons. The van der Waals surface area contributed by atoms with E-state index in [9.17, 15) is 0 Å². The zero-order valence-electron chi connectivity index (χ0n) is 4.27. The van der Waals surface area contributed by atoms with Gasteiger partial charge in [0.2, 0.25) is 0 Å². The Morgan fingerprint density at radius 2 is 2.25 bits per heavy atom. The molecule has 0 heterocycles. The molecule has 0 atom stereocenters. The Bertz CT molecular complexity index is 90.5. The van der Waals surface area contributed by atoms with Crippen LogP contribution in [0, 0.1) is 0 Å². The third kappa shape index (κ3) is 3.19. The summed E-state index contributed by atoms with van der Waals surface area (Å²) in [5, 5.41) is 18.2. The molecule has 48 valence electrons. The standard InChI is InChI=1S/C2H7N3O3/c1-8-2(3)4-5(6)7/h6-7H,1H3,(H2,3,4). The van der Waals surface area contributed by atoms with Crippen molar-refractivity contribution in [2.24, 2.45) is 10.8 Å². The number of nitrogens with zero attached hydrogens (tertiary/aromatic N) is 2. The van der Waals surface area contributed by atoms with Crippen molar-refractivity contribution in [3.63, 3.8) is 0 Å². The zero-order chi connectivity index (χ0) is 6.57. The van der Waals surface area contributed by atoms with Gasteiger partial charge in [0, 0.05) is 0 Å². The molecule has 0 bridgehead atoms. The van der Waals surface area contributed by atoms with E-state index in [0.29, 0.717) is 0 Å². The van der Waals surface area contributed by atoms with Crippen LogP contribution in [0.1, 0.15) is 0 Å². The fourth-order valence-corrected chi connectivity index (χ4v) is 0.129. The van der Waals surface area contributed by atoms with Crippen LogP contribution in [-0.4, -0.2) is 28.9 Å². The van der Waals surface area contributed by atoms with E-state index < -0.39 is 5.34 Å². The molecule has 0 spiro atoms. The lowest BCUT2D eigenvalue weighted by atomic mass is 11.2. The molecule has 0 fully saturated rings. The summed E-state index contributed by atoms with van der Waals surface area (Å²) in [4.78, 5) is 0. The first-order chi connectivity index (χ1) is 3.66. The number of hydrogen-bond donors (Lipinski definition) is 3. The minimum Gasteiger partial charge on any atom is -0.467 e. The normalized spacial score (nSPS) is 11.1. The maximum absolute atomic E-state index is 7.90. The highest BCUT2D eigenvalue weighted by Crippen LogP contribution is 1.73. The number of ether oxygens (including phenoxy) is 1. The Kier molecular flexibility index (Phi) is 2.67. The molecule has 6 heteroatoms. The highest BCUT2D eigenvalue weighted by Gasteiger charge is 1.88. The van der Waals surface area contributed by atoms with Gasteiger partial charge in [-0.15, -0.1) is 0 Å². The van der Waals surface area contributed by atoms with E-state index in [2.05, 4.69) is 9.84 Å². The summed E-state index contributed by atoms with van der Waals surface area (Å²) >= 11 is 0. The van der Waals surface area contributed by atoms with Crippen LogP contribution in [0.5, 0.6) is 0 Å². The molecular formula is C2H7N3O3. The summed E-state index contributed by atoms with van der Waals surface area (Å²) < 4.78 is 4.23. The lowest BCUT2D eigenvalue weighted by Gasteiger charge is -1.99. The van der Waals surface area contributed by atoms with Gasteiger partial charge in [0.05, 0.1) is 7.11 Å². The molecule has 0 aromatic heterocycles. The van der Waals surface area contributed by atoms with E-state index in [1.165, 1.54) is 7.11 Å². The summed E-state index contributed by atoms with van der Waals surface area (Å²) in [5.74, 6) is 0. The van der Waals surface area contributed by atoms with Gasteiger partial charge in [-0.25, -0.2) is 10.4 Å². The molecule has 0 amide bonds. The molecular weight excluding hydrogens is 114 g/mol. The summed E-state index contributed by atoms with van der Waals surface area (Å²) in [6.45, 7) is 0. The second kappa shape index (κ2) is 3.05. The molecule has 6 nitrogen and oxygen atoms in total. The van der Waals surface area contributed by atoms with Crippen molar-refractivity contribution in [1.82, 2.24) is 5.34 Å². The van der Waals surface area contributed by atoms with Crippen LogP contribution in [-0.2, 0) is 4.74 Å². The molecule has 0 aromatic rings. The molecule has 8 heavy (non-hydrogen) atoms. The zero-order valence-corrected chi connectivity index (χ0v) is 4.27. The Morgan fingerprint density at radius 3 is 2.38 bits per heavy atom. The average Bonchev–Trinajstić information content (AvgIpc) is 1.65. The first-order valence-corrected chi connectivity index (χ1v) is 1.72. The van der Waals surface area contributed by atoms with Crippen LogP contribution in [0.3, 0.4) is 0 Å². The van der Waals surface area contributed by atoms with Crippen LogP contribution < -0.4 is 5.73 Å². The number of hydrazone groups is 1. The third-order valence-electron chi connectivity index (χ3n) is 0.397. The smallest absolute Gasteiger partial charge is 0.308 e. The Hall–Kier alpha value is -1.01. The largest absolute Gasteiger partial charge is 0.467 e. The molecule has 0 aliphatic carbocycles. The molecule has 0 unspecified atom stereocenters. The van der Waals surface area contributed by atoms with Crippen LogP contribution in [0.25, 0.3) is 0 Å². The van der Waals surface area contributed by atoms with Gasteiger partial charge in [0.15, 0.2) is 0 Å². The van der Waals surface area contributed by atoms with Gasteiger partial charge in [-0.3, -0.25) is 0 Å². The number of rotatable bonds is 1. The van der Waals surface area contributed by atoms with Gasteiger partial charge in [0.25, 0.3) is 0 Å². The Labute approximate surface area is 45.7 Å². The second-order valence-corrected chi connectivity index (χ2v) is 0.911. The quantitative estimate of drug-likeness (QED) is 0.234. The predicted molar refractivity (Wildman–Crippen MR) is 24.0 cm³/mol. The lowest BCUT2D eigenvalue weighted by Crippen LogP contribution is -2.19. The molecule has 4 N–H and O–H groups in total. The summed E-state index contributed by atoms with van der Waals surface area (Å²) in [6, 6.07) is -0.324. The van der Waals surface area contributed by atoms with Crippen LogP contribution >= 0.6 is 0 Å². The fourth-order valence-electron chi connectivity index (χ4n) is 0.129. The van der Waals surface area contributed by atoms with Crippen molar-refractivity contribution in [1.29, 1.82) is 0 Å². The summed E-state index contributed by atoms with van der Waals surface area (Å²) in [6.07, 6.45) is 0. The lowest BCUT2D eigenvalue weighted by molar-refractivity contribution is -0.308.